The van der Waals surface area contributed by atoms with Gasteiger partial charge in [0.05, 0.1) is 11.4 Å². The number of benzene rings is 1. The van der Waals surface area contributed by atoms with Gasteiger partial charge in [0.15, 0.2) is 0 Å². The molecule has 0 aliphatic carbocycles. The van der Waals surface area contributed by atoms with Gasteiger partial charge < -0.3 is 10.6 Å². The third kappa shape index (κ3) is 3.24. The highest BCUT2D eigenvalue weighted by Crippen LogP contribution is 2.18. The Balaban J connectivity index is 2.07. The first-order valence-electron chi connectivity index (χ1n) is 7.15. The highest BCUT2D eigenvalue weighted by atomic mass is 16.2. The number of nitrogen functional groups attached to an aromatic ring is 1. The van der Waals surface area contributed by atoms with Crippen LogP contribution in [-0.4, -0.2) is 34.2 Å². The molecule has 0 saturated carbocycles. The first-order chi connectivity index (χ1) is 10.0. The quantitative estimate of drug-likeness (QED) is 0.912. The molecule has 1 aromatic heterocycles. The van der Waals surface area contributed by atoms with Crippen molar-refractivity contribution in [2.75, 3.05) is 19.3 Å². The molecule has 1 heterocycles. The molecule has 2 aromatic rings. The molecule has 0 aliphatic heterocycles. The van der Waals surface area contributed by atoms with Gasteiger partial charge in [-0.2, -0.15) is 5.10 Å². The molecule has 21 heavy (non-hydrogen) atoms. The molecule has 0 spiro atoms. The van der Waals surface area contributed by atoms with Gasteiger partial charge in [-0.3, -0.25) is 9.48 Å². The van der Waals surface area contributed by atoms with E-state index < -0.39 is 0 Å². The van der Waals surface area contributed by atoms with E-state index in [1.165, 1.54) is 5.56 Å². The lowest BCUT2D eigenvalue weighted by molar-refractivity contribution is 0.0787. The number of anilines is 1. The lowest BCUT2D eigenvalue weighted by atomic mass is 10.1. The Labute approximate surface area is 125 Å². The maximum Gasteiger partial charge on any atom is 0.274 e. The summed E-state index contributed by atoms with van der Waals surface area (Å²) in [7, 11) is 3.55. The lowest BCUT2D eigenvalue weighted by Crippen LogP contribution is -2.31. The van der Waals surface area contributed by atoms with Crippen LogP contribution in [0.5, 0.6) is 0 Å². The van der Waals surface area contributed by atoms with Crippen molar-refractivity contribution < 1.29 is 4.79 Å². The van der Waals surface area contributed by atoms with Crippen LogP contribution in [0.2, 0.25) is 0 Å². The fourth-order valence-corrected chi connectivity index (χ4v) is 2.33. The van der Waals surface area contributed by atoms with Gasteiger partial charge >= 0.3 is 0 Å². The van der Waals surface area contributed by atoms with Crippen LogP contribution < -0.4 is 5.73 Å². The summed E-state index contributed by atoms with van der Waals surface area (Å²) < 4.78 is 1.58. The normalized spacial score (nSPS) is 10.6. The van der Waals surface area contributed by atoms with E-state index in [2.05, 4.69) is 17.2 Å². The first-order valence-corrected chi connectivity index (χ1v) is 7.15. The van der Waals surface area contributed by atoms with Gasteiger partial charge in [0, 0.05) is 20.6 Å². The zero-order valence-electron chi connectivity index (χ0n) is 12.8. The summed E-state index contributed by atoms with van der Waals surface area (Å²) >= 11 is 0. The van der Waals surface area contributed by atoms with E-state index in [-0.39, 0.29) is 5.91 Å². The Kier molecular flexibility index (Phi) is 4.62. The highest BCUT2D eigenvalue weighted by molar-refractivity contribution is 5.97. The monoisotopic (exact) mass is 286 g/mol. The Morgan fingerprint density at radius 2 is 2.00 bits per heavy atom. The zero-order valence-corrected chi connectivity index (χ0v) is 12.8. The number of rotatable bonds is 5. The Bertz CT molecular complexity index is 619. The molecule has 0 radical (unpaired) electrons. The van der Waals surface area contributed by atoms with Gasteiger partial charge in [-0.25, -0.2) is 0 Å². The van der Waals surface area contributed by atoms with Gasteiger partial charge in [-0.1, -0.05) is 37.3 Å². The molecule has 5 heteroatoms. The van der Waals surface area contributed by atoms with Crippen molar-refractivity contribution in [1.82, 2.24) is 14.7 Å². The summed E-state index contributed by atoms with van der Waals surface area (Å²) in [5, 5.41) is 4.29. The van der Waals surface area contributed by atoms with Crippen LogP contribution in [0, 0.1) is 0 Å². The number of carbonyl (C=O) groups is 1. The van der Waals surface area contributed by atoms with Crippen molar-refractivity contribution in [2.45, 2.75) is 19.8 Å². The van der Waals surface area contributed by atoms with E-state index in [4.69, 9.17) is 5.73 Å². The maximum atomic E-state index is 12.5. The van der Waals surface area contributed by atoms with Gasteiger partial charge in [0.1, 0.15) is 5.69 Å². The average molecular weight is 286 g/mol. The Hall–Kier alpha value is -2.30. The second kappa shape index (κ2) is 6.43. The van der Waals surface area contributed by atoms with E-state index in [0.29, 0.717) is 17.9 Å². The summed E-state index contributed by atoms with van der Waals surface area (Å²) in [5.74, 6) is -0.0851. The minimum atomic E-state index is -0.0851. The lowest BCUT2D eigenvalue weighted by Gasteiger charge is -2.17. The van der Waals surface area contributed by atoms with E-state index in [9.17, 15) is 4.79 Å². The fraction of sp³-hybridized carbons (Fsp3) is 0.375. The second-order valence-corrected chi connectivity index (χ2v) is 5.15. The molecule has 0 aliphatic rings. The van der Waals surface area contributed by atoms with Crippen molar-refractivity contribution in [3.8, 4) is 0 Å². The summed E-state index contributed by atoms with van der Waals surface area (Å²) in [6.07, 6.45) is 1.54. The van der Waals surface area contributed by atoms with E-state index in [0.717, 1.165) is 18.5 Å². The average Bonchev–Trinajstić information content (AvgIpc) is 2.79. The number of nitrogens with two attached hydrogens (primary N) is 1. The maximum absolute atomic E-state index is 12.5. The molecule has 112 valence electrons. The SMILES string of the molecule is CCc1nn(C)c(C(=O)N(C)CCc2ccccc2)c1N. The molecule has 0 fully saturated rings. The molecule has 0 atom stereocenters. The minimum Gasteiger partial charge on any atom is -0.395 e. The Morgan fingerprint density at radius 1 is 1.33 bits per heavy atom. The van der Waals surface area contributed by atoms with E-state index in [1.54, 1.807) is 23.7 Å². The zero-order chi connectivity index (χ0) is 15.4. The van der Waals surface area contributed by atoms with Crippen LogP contribution >= 0.6 is 0 Å². The predicted molar refractivity (Wildman–Crippen MR) is 84.1 cm³/mol. The van der Waals surface area contributed by atoms with Gasteiger partial charge in [0.25, 0.3) is 5.91 Å². The number of hydrogen-bond donors (Lipinski definition) is 1. The molecular formula is C16H22N4O. The smallest absolute Gasteiger partial charge is 0.274 e. The fourth-order valence-electron chi connectivity index (χ4n) is 2.33. The predicted octanol–water partition coefficient (Wildman–Crippen LogP) is 1.88. The molecule has 2 N–H and O–H groups in total. The molecule has 0 bridgehead atoms. The van der Waals surface area contributed by atoms with Crippen LogP contribution in [0.1, 0.15) is 28.7 Å². The summed E-state index contributed by atoms with van der Waals surface area (Å²) in [4.78, 5) is 14.2. The molecule has 1 amide bonds. The number of likely N-dealkylation sites (N-methyl/N-ethyl adjacent to an activating group) is 1. The third-order valence-corrected chi connectivity index (χ3v) is 3.62. The number of amides is 1. The number of aryl methyl sites for hydroxylation is 2. The first kappa shape index (κ1) is 15.1. The van der Waals surface area contributed by atoms with Crippen LogP contribution in [0.15, 0.2) is 30.3 Å². The molecule has 0 saturated heterocycles. The second-order valence-electron chi connectivity index (χ2n) is 5.15. The largest absolute Gasteiger partial charge is 0.395 e. The number of aromatic nitrogens is 2. The summed E-state index contributed by atoms with van der Waals surface area (Å²) in [6.45, 7) is 2.63. The van der Waals surface area contributed by atoms with Crippen LogP contribution in [0.4, 0.5) is 5.69 Å². The van der Waals surface area contributed by atoms with Crippen molar-refractivity contribution in [3.63, 3.8) is 0 Å². The molecule has 1 aromatic carbocycles. The van der Waals surface area contributed by atoms with Crippen LogP contribution in [0.3, 0.4) is 0 Å². The highest BCUT2D eigenvalue weighted by Gasteiger charge is 2.21. The summed E-state index contributed by atoms with van der Waals surface area (Å²) in [6, 6.07) is 10.1. The number of hydrogen-bond acceptors (Lipinski definition) is 3. The summed E-state index contributed by atoms with van der Waals surface area (Å²) in [5.41, 5.74) is 8.99. The van der Waals surface area contributed by atoms with Gasteiger partial charge in [-0.15, -0.1) is 0 Å². The van der Waals surface area contributed by atoms with Crippen molar-refractivity contribution in [1.29, 1.82) is 0 Å². The number of carbonyl (C=O) groups excluding carboxylic acids is 1. The van der Waals surface area contributed by atoms with Crippen LogP contribution in [-0.2, 0) is 19.9 Å². The van der Waals surface area contributed by atoms with Crippen LogP contribution in [0.25, 0.3) is 0 Å². The third-order valence-electron chi connectivity index (χ3n) is 3.62. The molecule has 2 rings (SSSR count). The van der Waals surface area contributed by atoms with Gasteiger partial charge in [0.2, 0.25) is 0 Å². The Morgan fingerprint density at radius 3 is 2.57 bits per heavy atom. The van der Waals surface area contributed by atoms with Crippen molar-refractivity contribution in [3.05, 3.63) is 47.3 Å². The van der Waals surface area contributed by atoms with Crippen molar-refractivity contribution >= 4 is 11.6 Å². The topological polar surface area (TPSA) is 64.2 Å². The van der Waals surface area contributed by atoms with E-state index in [1.807, 2.05) is 25.1 Å². The number of nitrogens with zero attached hydrogens (tertiary/aromatic N) is 3. The standard InChI is InChI=1S/C16H22N4O/c1-4-13-14(17)15(20(3)18-13)16(21)19(2)11-10-12-8-6-5-7-9-12/h5-9H,4,10-11,17H2,1-3H3. The van der Waals surface area contributed by atoms with E-state index >= 15 is 0 Å². The van der Waals surface area contributed by atoms with Gasteiger partial charge in [-0.05, 0) is 18.4 Å². The molecule has 0 unspecified atom stereocenters. The molecular weight excluding hydrogens is 264 g/mol. The minimum absolute atomic E-state index is 0.0851. The molecule has 5 nitrogen and oxygen atoms in total. The van der Waals surface area contributed by atoms with Crippen molar-refractivity contribution in [2.24, 2.45) is 7.05 Å².